The number of H-pyrrole nitrogens is 1. The maximum Gasteiger partial charge on any atom is 0.258 e. The van der Waals surface area contributed by atoms with E-state index < -0.39 is 0 Å². The van der Waals surface area contributed by atoms with Gasteiger partial charge in [-0.2, -0.15) is 0 Å². The summed E-state index contributed by atoms with van der Waals surface area (Å²) >= 11 is 0. The number of ether oxygens (including phenoxy) is 2. The van der Waals surface area contributed by atoms with E-state index in [2.05, 4.69) is 4.98 Å². The van der Waals surface area contributed by atoms with Gasteiger partial charge in [-0.25, -0.2) is 0 Å². The van der Waals surface area contributed by atoms with Crippen LogP contribution >= 0.6 is 0 Å². The van der Waals surface area contributed by atoms with Crippen molar-refractivity contribution < 1.29 is 14.3 Å². The molecule has 2 aromatic carbocycles. The number of nitrogens with zero attached hydrogens (tertiary/aromatic N) is 1. The number of amides is 1. The van der Waals surface area contributed by atoms with Crippen LogP contribution in [0.25, 0.3) is 10.9 Å². The molecule has 0 aliphatic heterocycles. The lowest BCUT2D eigenvalue weighted by molar-refractivity contribution is 0.0676. The van der Waals surface area contributed by atoms with Crippen LogP contribution in [0, 0.1) is 6.92 Å². The lowest BCUT2D eigenvalue weighted by Gasteiger charge is -2.23. The summed E-state index contributed by atoms with van der Waals surface area (Å²) in [4.78, 5) is 30.3. The van der Waals surface area contributed by atoms with E-state index >= 15 is 0 Å². The van der Waals surface area contributed by atoms with E-state index in [-0.39, 0.29) is 18.0 Å². The summed E-state index contributed by atoms with van der Waals surface area (Å²) < 4.78 is 10.5. The van der Waals surface area contributed by atoms with Crippen LogP contribution in [0.1, 0.15) is 21.5 Å². The fourth-order valence-electron chi connectivity index (χ4n) is 3.20. The third-order valence-electron chi connectivity index (χ3n) is 4.72. The standard InChI is InChI=1S/C22H24N2O4/c1-15-7-6-8-16-13-17(21(25)23-20(15)16)14-24(11-12-27-2)22(26)18-9-4-5-10-19(18)28-3/h4-10,13H,11-12,14H2,1-3H3,(H,23,25). The Labute approximate surface area is 163 Å². The molecule has 28 heavy (non-hydrogen) atoms. The molecule has 1 N–H and O–H groups in total. The van der Waals surface area contributed by atoms with E-state index in [1.165, 1.54) is 7.11 Å². The number of carbonyl (C=O) groups excluding carboxylic acids is 1. The van der Waals surface area contributed by atoms with E-state index in [9.17, 15) is 9.59 Å². The molecule has 0 saturated heterocycles. The smallest absolute Gasteiger partial charge is 0.258 e. The van der Waals surface area contributed by atoms with E-state index in [0.717, 1.165) is 16.5 Å². The van der Waals surface area contributed by atoms with Gasteiger partial charge in [0.1, 0.15) is 5.75 Å². The number of methoxy groups -OCH3 is 2. The Kier molecular flexibility index (Phi) is 6.11. The number of aryl methyl sites for hydroxylation is 1. The Morgan fingerprint density at radius 1 is 1.11 bits per heavy atom. The minimum Gasteiger partial charge on any atom is -0.496 e. The van der Waals surface area contributed by atoms with E-state index in [1.807, 2.05) is 37.3 Å². The van der Waals surface area contributed by atoms with Gasteiger partial charge in [-0.05, 0) is 36.1 Å². The van der Waals surface area contributed by atoms with Gasteiger partial charge in [-0.3, -0.25) is 9.59 Å². The third kappa shape index (κ3) is 4.07. The highest BCUT2D eigenvalue weighted by atomic mass is 16.5. The van der Waals surface area contributed by atoms with Gasteiger partial charge < -0.3 is 19.4 Å². The lowest BCUT2D eigenvalue weighted by Crippen LogP contribution is -2.35. The van der Waals surface area contributed by atoms with Gasteiger partial charge in [0.2, 0.25) is 0 Å². The zero-order chi connectivity index (χ0) is 20.1. The Balaban J connectivity index is 1.97. The molecule has 1 amide bonds. The van der Waals surface area contributed by atoms with Crippen LogP contribution in [0.15, 0.2) is 53.3 Å². The van der Waals surface area contributed by atoms with Crippen molar-refractivity contribution in [1.29, 1.82) is 0 Å². The van der Waals surface area contributed by atoms with Gasteiger partial charge in [-0.15, -0.1) is 0 Å². The number of pyridine rings is 1. The zero-order valence-corrected chi connectivity index (χ0v) is 16.3. The fraction of sp³-hybridized carbons (Fsp3) is 0.273. The van der Waals surface area contributed by atoms with Crippen LogP contribution in [-0.2, 0) is 11.3 Å². The molecular weight excluding hydrogens is 356 g/mol. The molecule has 0 spiro atoms. The van der Waals surface area contributed by atoms with Crippen molar-refractivity contribution in [3.63, 3.8) is 0 Å². The van der Waals surface area contributed by atoms with Crippen molar-refractivity contribution in [2.24, 2.45) is 0 Å². The maximum absolute atomic E-state index is 13.1. The predicted molar refractivity (Wildman–Crippen MR) is 109 cm³/mol. The average Bonchev–Trinajstić information content (AvgIpc) is 2.71. The Morgan fingerprint density at radius 2 is 1.89 bits per heavy atom. The summed E-state index contributed by atoms with van der Waals surface area (Å²) in [7, 11) is 3.11. The van der Waals surface area contributed by atoms with Gasteiger partial charge in [0.05, 0.1) is 31.3 Å². The van der Waals surface area contributed by atoms with Crippen molar-refractivity contribution in [3.8, 4) is 5.75 Å². The van der Waals surface area contributed by atoms with Crippen molar-refractivity contribution in [2.75, 3.05) is 27.4 Å². The van der Waals surface area contributed by atoms with Gasteiger partial charge >= 0.3 is 0 Å². The monoisotopic (exact) mass is 380 g/mol. The summed E-state index contributed by atoms with van der Waals surface area (Å²) in [6, 6.07) is 14.7. The minimum absolute atomic E-state index is 0.180. The number of aromatic nitrogens is 1. The summed E-state index contributed by atoms with van der Waals surface area (Å²) in [5, 5.41) is 0.936. The molecule has 146 valence electrons. The molecule has 0 radical (unpaired) electrons. The summed E-state index contributed by atoms with van der Waals surface area (Å²) in [5.41, 5.74) is 2.60. The van der Waals surface area contributed by atoms with Crippen molar-refractivity contribution in [3.05, 3.63) is 75.6 Å². The average molecular weight is 380 g/mol. The molecular formula is C22H24N2O4. The molecule has 0 unspecified atom stereocenters. The first-order valence-corrected chi connectivity index (χ1v) is 9.08. The number of carbonyl (C=O) groups is 1. The van der Waals surface area contributed by atoms with Crippen LogP contribution in [0.3, 0.4) is 0 Å². The minimum atomic E-state index is -0.210. The highest BCUT2D eigenvalue weighted by molar-refractivity contribution is 5.97. The van der Waals surface area contributed by atoms with Crippen molar-refractivity contribution >= 4 is 16.8 Å². The summed E-state index contributed by atoms with van der Waals surface area (Å²) in [6.45, 7) is 2.86. The van der Waals surface area contributed by atoms with E-state index in [1.54, 1.807) is 30.2 Å². The van der Waals surface area contributed by atoms with Gasteiger partial charge in [-0.1, -0.05) is 30.3 Å². The quantitative estimate of drug-likeness (QED) is 0.684. The lowest BCUT2D eigenvalue weighted by atomic mass is 10.1. The predicted octanol–water partition coefficient (Wildman–Crippen LogP) is 3.13. The van der Waals surface area contributed by atoms with Gasteiger partial charge in [0, 0.05) is 19.2 Å². The van der Waals surface area contributed by atoms with Crippen molar-refractivity contribution in [2.45, 2.75) is 13.5 Å². The highest BCUT2D eigenvalue weighted by Gasteiger charge is 2.20. The molecule has 0 aliphatic rings. The topological polar surface area (TPSA) is 71.6 Å². The molecule has 0 aliphatic carbocycles. The largest absolute Gasteiger partial charge is 0.496 e. The fourth-order valence-corrected chi connectivity index (χ4v) is 3.20. The van der Waals surface area contributed by atoms with Crippen LogP contribution in [-0.4, -0.2) is 43.2 Å². The normalized spacial score (nSPS) is 10.8. The van der Waals surface area contributed by atoms with E-state index in [4.69, 9.17) is 9.47 Å². The first-order chi connectivity index (χ1) is 13.5. The second-order valence-corrected chi connectivity index (χ2v) is 6.58. The second-order valence-electron chi connectivity index (χ2n) is 6.58. The van der Waals surface area contributed by atoms with Crippen LogP contribution in [0.2, 0.25) is 0 Å². The van der Waals surface area contributed by atoms with Crippen molar-refractivity contribution in [1.82, 2.24) is 9.88 Å². The first kappa shape index (κ1) is 19.6. The molecule has 0 saturated carbocycles. The molecule has 1 heterocycles. The molecule has 0 bridgehead atoms. The molecule has 1 aromatic heterocycles. The number of benzene rings is 2. The number of nitrogens with one attached hydrogen (secondary N) is 1. The Morgan fingerprint density at radius 3 is 2.64 bits per heavy atom. The van der Waals surface area contributed by atoms with Crippen LogP contribution < -0.4 is 10.3 Å². The zero-order valence-electron chi connectivity index (χ0n) is 16.3. The number of hydrogen-bond donors (Lipinski definition) is 1. The second kappa shape index (κ2) is 8.71. The number of fused-ring (bicyclic) bond motifs is 1. The third-order valence-corrected chi connectivity index (χ3v) is 4.72. The number of rotatable bonds is 7. The molecule has 3 rings (SSSR count). The first-order valence-electron chi connectivity index (χ1n) is 9.08. The number of para-hydroxylation sites is 2. The molecule has 6 nitrogen and oxygen atoms in total. The van der Waals surface area contributed by atoms with Crippen LogP contribution in [0.5, 0.6) is 5.75 Å². The van der Waals surface area contributed by atoms with Crippen LogP contribution in [0.4, 0.5) is 0 Å². The summed E-state index contributed by atoms with van der Waals surface area (Å²) in [6.07, 6.45) is 0. The number of aromatic amines is 1. The van der Waals surface area contributed by atoms with Gasteiger partial charge in [0.15, 0.2) is 0 Å². The Bertz CT molecular complexity index is 1040. The van der Waals surface area contributed by atoms with Gasteiger partial charge in [0.25, 0.3) is 11.5 Å². The van der Waals surface area contributed by atoms with E-state index in [0.29, 0.717) is 30.0 Å². The number of hydrogen-bond acceptors (Lipinski definition) is 4. The Hall–Kier alpha value is -3.12. The molecule has 0 atom stereocenters. The maximum atomic E-state index is 13.1. The highest BCUT2D eigenvalue weighted by Crippen LogP contribution is 2.21. The molecule has 6 heteroatoms. The molecule has 3 aromatic rings. The SMILES string of the molecule is COCCN(Cc1cc2cccc(C)c2[nH]c1=O)C(=O)c1ccccc1OC. The molecule has 0 fully saturated rings. The summed E-state index contributed by atoms with van der Waals surface area (Å²) in [5.74, 6) is 0.288.